The summed E-state index contributed by atoms with van der Waals surface area (Å²) in [6.07, 6.45) is 5.99. The molecule has 7 heteroatoms. The second-order valence-electron chi connectivity index (χ2n) is 6.08. The molecule has 6 nitrogen and oxygen atoms in total. The van der Waals surface area contributed by atoms with Gasteiger partial charge in [0.25, 0.3) is 0 Å². The highest BCUT2D eigenvalue weighted by Crippen LogP contribution is 2.26. The first-order valence-corrected chi connectivity index (χ1v) is 9.09. The number of nitrogens with zero attached hydrogens (tertiary/aromatic N) is 3. The Kier molecular flexibility index (Phi) is 5.30. The van der Waals surface area contributed by atoms with E-state index >= 15 is 0 Å². The average Bonchev–Trinajstić information content (AvgIpc) is 3.29. The van der Waals surface area contributed by atoms with Crippen molar-refractivity contribution in [1.29, 1.82) is 0 Å². The lowest BCUT2D eigenvalue weighted by atomic mass is 10.1. The summed E-state index contributed by atoms with van der Waals surface area (Å²) in [5, 5.41) is 9.10. The molecule has 0 saturated carbocycles. The third-order valence-electron chi connectivity index (χ3n) is 4.30. The number of likely N-dealkylation sites (tertiary alicyclic amines) is 1. The van der Waals surface area contributed by atoms with Gasteiger partial charge in [0, 0.05) is 30.7 Å². The van der Waals surface area contributed by atoms with Gasteiger partial charge < -0.3 is 10.2 Å². The normalized spacial score (nSPS) is 18.5. The fourth-order valence-corrected chi connectivity index (χ4v) is 4.01. The summed E-state index contributed by atoms with van der Waals surface area (Å²) in [6, 6.07) is 5.73. The maximum absolute atomic E-state index is 12.8. The summed E-state index contributed by atoms with van der Waals surface area (Å²) in [6.45, 7) is 2.99. The Morgan fingerprint density at radius 3 is 3.00 bits per heavy atom. The van der Waals surface area contributed by atoms with Gasteiger partial charge in [0.05, 0.1) is 25.0 Å². The molecule has 2 amide bonds. The highest BCUT2D eigenvalue weighted by atomic mass is 32.1. The Labute approximate surface area is 145 Å². The largest absolute Gasteiger partial charge is 0.348 e. The predicted octanol–water partition coefficient (Wildman–Crippen LogP) is 2.20. The van der Waals surface area contributed by atoms with Crippen molar-refractivity contribution in [3.05, 3.63) is 40.8 Å². The van der Waals surface area contributed by atoms with Crippen LogP contribution in [0.1, 0.15) is 37.1 Å². The first-order chi connectivity index (χ1) is 11.6. The molecule has 24 heavy (non-hydrogen) atoms. The molecule has 0 aromatic carbocycles. The van der Waals surface area contributed by atoms with E-state index in [9.17, 15) is 9.59 Å². The van der Waals surface area contributed by atoms with Crippen molar-refractivity contribution < 1.29 is 9.59 Å². The van der Waals surface area contributed by atoms with Crippen LogP contribution in [0.3, 0.4) is 0 Å². The molecule has 1 aliphatic rings. The van der Waals surface area contributed by atoms with Gasteiger partial charge >= 0.3 is 0 Å². The predicted molar refractivity (Wildman–Crippen MR) is 92.5 cm³/mol. The van der Waals surface area contributed by atoms with Gasteiger partial charge in [0.15, 0.2) is 0 Å². The molecule has 1 fully saturated rings. The van der Waals surface area contributed by atoms with Crippen molar-refractivity contribution in [3.8, 4) is 0 Å². The Hall–Kier alpha value is -2.15. The Bertz CT molecular complexity index is 669. The minimum atomic E-state index is -0.249. The molecule has 2 aromatic heterocycles. The van der Waals surface area contributed by atoms with Crippen molar-refractivity contribution in [2.24, 2.45) is 0 Å². The lowest BCUT2D eigenvalue weighted by molar-refractivity contribution is -0.133. The van der Waals surface area contributed by atoms with E-state index in [0.29, 0.717) is 6.42 Å². The zero-order chi connectivity index (χ0) is 16.9. The number of hydrogen-bond acceptors (Lipinski definition) is 4. The van der Waals surface area contributed by atoms with Crippen LogP contribution in [0.5, 0.6) is 0 Å². The smallest absolute Gasteiger partial charge is 0.225 e. The first-order valence-electron chi connectivity index (χ1n) is 8.21. The number of thiophene rings is 1. The molecular formula is C17H22N4O2S. The molecule has 0 radical (unpaired) electrons. The Morgan fingerprint density at radius 2 is 2.33 bits per heavy atom. The van der Waals surface area contributed by atoms with Crippen LogP contribution < -0.4 is 5.32 Å². The van der Waals surface area contributed by atoms with Gasteiger partial charge in [-0.25, -0.2) is 0 Å². The second-order valence-corrected chi connectivity index (χ2v) is 7.06. The van der Waals surface area contributed by atoms with E-state index in [4.69, 9.17) is 0 Å². The van der Waals surface area contributed by atoms with E-state index in [2.05, 4.69) is 10.4 Å². The molecule has 0 unspecified atom stereocenters. The first kappa shape index (κ1) is 16.7. The number of hydrogen-bond donors (Lipinski definition) is 1. The van der Waals surface area contributed by atoms with E-state index < -0.39 is 0 Å². The van der Waals surface area contributed by atoms with Crippen LogP contribution in [-0.4, -0.2) is 39.1 Å². The summed E-state index contributed by atoms with van der Waals surface area (Å²) in [5.41, 5.74) is 0. The monoisotopic (exact) mass is 346 g/mol. The van der Waals surface area contributed by atoms with E-state index in [1.165, 1.54) is 6.92 Å². The Balaban J connectivity index is 1.66. The minimum absolute atomic E-state index is 0.0943. The topological polar surface area (TPSA) is 67.2 Å². The lowest BCUT2D eigenvalue weighted by Crippen LogP contribution is -2.40. The zero-order valence-electron chi connectivity index (χ0n) is 13.7. The number of rotatable bonds is 6. The molecule has 2 aromatic rings. The number of carbonyl (C=O) groups is 2. The van der Waals surface area contributed by atoms with Gasteiger partial charge in [0.1, 0.15) is 0 Å². The van der Waals surface area contributed by atoms with E-state index in [1.54, 1.807) is 17.5 Å². The summed E-state index contributed by atoms with van der Waals surface area (Å²) in [4.78, 5) is 27.3. The van der Waals surface area contributed by atoms with Crippen LogP contribution in [0.4, 0.5) is 0 Å². The van der Waals surface area contributed by atoms with Crippen LogP contribution in [-0.2, 0) is 16.1 Å². The average molecular weight is 346 g/mol. The van der Waals surface area contributed by atoms with E-state index in [1.807, 2.05) is 39.4 Å². The van der Waals surface area contributed by atoms with Crippen molar-refractivity contribution in [1.82, 2.24) is 20.0 Å². The summed E-state index contributed by atoms with van der Waals surface area (Å²) < 4.78 is 1.88. The molecule has 0 bridgehead atoms. The van der Waals surface area contributed by atoms with Gasteiger partial charge in [-0.3, -0.25) is 14.3 Å². The summed E-state index contributed by atoms with van der Waals surface area (Å²) >= 11 is 1.56. The van der Waals surface area contributed by atoms with Crippen molar-refractivity contribution in [2.75, 3.05) is 6.54 Å². The number of carbonyl (C=O) groups excluding carboxylic acids is 2. The number of nitrogens with one attached hydrogen (secondary N) is 1. The van der Waals surface area contributed by atoms with E-state index in [0.717, 1.165) is 30.8 Å². The van der Waals surface area contributed by atoms with Crippen LogP contribution in [0.25, 0.3) is 0 Å². The third-order valence-corrected chi connectivity index (χ3v) is 5.28. The van der Waals surface area contributed by atoms with E-state index in [-0.39, 0.29) is 23.9 Å². The molecule has 2 atom stereocenters. The molecule has 1 saturated heterocycles. The fourth-order valence-electron chi connectivity index (χ4n) is 3.23. The fraction of sp³-hybridized carbons (Fsp3) is 0.471. The molecule has 1 aliphatic heterocycles. The van der Waals surface area contributed by atoms with Crippen molar-refractivity contribution >= 4 is 23.2 Å². The quantitative estimate of drug-likeness (QED) is 0.872. The maximum Gasteiger partial charge on any atom is 0.225 e. The van der Waals surface area contributed by atoms with Crippen molar-refractivity contribution in [2.45, 2.75) is 44.8 Å². The summed E-state index contributed by atoms with van der Waals surface area (Å²) in [5.74, 6) is -0.0208. The zero-order valence-corrected chi connectivity index (χ0v) is 14.5. The molecule has 0 aliphatic carbocycles. The molecule has 0 spiro atoms. The third kappa shape index (κ3) is 4.03. The van der Waals surface area contributed by atoms with Gasteiger partial charge in [-0.1, -0.05) is 6.07 Å². The van der Waals surface area contributed by atoms with Crippen LogP contribution >= 0.6 is 11.3 Å². The highest BCUT2D eigenvalue weighted by molar-refractivity contribution is 7.10. The standard InChI is InChI=1S/C17H22N4O2S/c1-13(22)19-15(16-6-3-10-24-16)11-17(23)21-9-2-5-14(21)12-20-8-4-7-18-20/h3-4,6-8,10,14-15H,2,5,9,11-12H2,1H3,(H,19,22)/t14-,15-/m0/s1. The van der Waals surface area contributed by atoms with Crippen LogP contribution in [0, 0.1) is 0 Å². The number of aromatic nitrogens is 2. The summed E-state index contributed by atoms with van der Waals surface area (Å²) in [7, 11) is 0. The van der Waals surface area contributed by atoms with Crippen LogP contribution in [0.15, 0.2) is 36.0 Å². The molecule has 3 heterocycles. The number of amides is 2. The lowest BCUT2D eigenvalue weighted by Gasteiger charge is -2.27. The molecule has 3 rings (SSSR count). The van der Waals surface area contributed by atoms with Crippen LogP contribution in [0.2, 0.25) is 0 Å². The second kappa shape index (κ2) is 7.61. The molecular weight excluding hydrogens is 324 g/mol. The SMILES string of the molecule is CC(=O)N[C@@H](CC(=O)N1CCC[C@H]1Cn1cccn1)c1cccs1. The molecule has 128 valence electrons. The van der Waals surface area contributed by atoms with Gasteiger partial charge in [-0.2, -0.15) is 5.10 Å². The molecule has 1 N–H and O–H groups in total. The van der Waals surface area contributed by atoms with Gasteiger partial charge in [-0.15, -0.1) is 11.3 Å². The van der Waals surface area contributed by atoms with Crippen molar-refractivity contribution in [3.63, 3.8) is 0 Å². The van der Waals surface area contributed by atoms with Gasteiger partial charge in [-0.05, 0) is 30.4 Å². The minimum Gasteiger partial charge on any atom is -0.348 e. The highest BCUT2D eigenvalue weighted by Gasteiger charge is 2.31. The maximum atomic E-state index is 12.8. The van der Waals surface area contributed by atoms with Gasteiger partial charge in [0.2, 0.25) is 11.8 Å². The Morgan fingerprint density at radius 1 is 1.46 bits per heavy atom.